The molecule has 15 heavy (non-hydrogen) atoms. The molecule has 0 saturated carbocycles. The van der Waals surface area contributed by atoms with E-state index in [1.807, 2.05) is 37.3 Å². The summed E-state index contributed by atoms with van der Waals surface area (Å²) < 4.78 is 0. The molecular weight excluding hydrogens is 192 g/mol. The Kier molecular flexibility index (Phi) is 3.68. The first-order valence-corrected chi connectivity index (χ1v) is 4.89. The molecule has 1 unspecified atom stereocenters. The highest BCUT2D eigenvalue weighted by molar-refractivity contribution is 5.65. The molecule has 0 fully saturated rings. The predicted octanol–water partition coefficient (Wildman–Crippen LogP) is 1.56. The standard InChI is InChI=1S/C11H16N2O2/c1-2-11(12,13-10(14)15)8-9-6-4-3-5-7-9/h3-7,13H,2,8,12H2,1H3,(H,14,15). The molecule has 0 aliphatic rings. The first-order chi connectivity index (χ1) is 7.06. The zero-order valence-corrected chi connectivity index (χ0v) is 8.73. The Morgan fingerprint density at radius 3 is 2.53 bits per heavy atom. The second-order valence-corrected chi connectivity index (χ2v) is 3.60. The second-order valence-electron chi connectivity index (χ2n) is 3.60. The average Bonchev–Trinajstić information content (AvgIpc) is 2.18. The van der Waals surface area contributed by atoms with Gasteiger partial charge < -0.3 is 16.2 Å². The Bertz CT molecular complexity index is 327. The van der Waals surface area contributed by atoms with Crippen molar-refractivity contribution < 1.29 is 9.90 Å². The van der Waals surface area contributed by atoms with Crippen LogP contribution in [0.2, 0.25) is 0 Å². The zero-order chi connectivity index (χ0) is 11.3. The fraction of sp³-hybridized carbons (Fsp3) is 0.364. The molecular formula is C11H16N2O2. The minimum atomic E-state index is -1.09. The molecule has 0 aromatic heterocycles. The van der Waals surface area contributed by atoms with Crippen LogP contribution >= 0.6 is 0 Å². The van der Waals surface area contributed by atoms with Crippen molar-refractivity contribution in [3.05, 3.63) is 35.9 Å². The summed E-state index contributed by atoms with van der Waals surface area (Å²) in [6.07, 6.45) is -0.0412. The lowest BCUT2D eigenvalue weighted by atomic mass is 9.98. The van der Waals surface area contributed by atoms with Gasteiger partial charge in [0.1, 0.15) is 0 Å². The van der Waals surface area contributed by atoms with E-state index in [9.17, 15) is 4.79 Å². The van der Waals surface area contributed by atoms with Crippen molar-refractivity contribution in [2.75, 3.05) is 0 Å². The summed E-state index contributed by atoms with van der Waals surface area (Å²) in [7, 11) is 0. The normalized spacial score (nSPS) is 14.3. The fourth-order valence-electron chi connectivity index (χ4n) is 1.43. The average molecular weight is 208 g/mol. The molecule has 4 heteroatoms. The molecule has 0 heterocycles. The first kappa shape index (κ1) is 11.5. The van der Waals surface area contributed by atoms with Gasteiger partial charge in [0.25, 0.3) is 0 Å². The van der Waals surface area contributed by atoms with E-state index < -0.39 is 11.8 Å². The SMILES string of the molecule is CCC(N)(Cc1ccccc1)NC(=O)O. The molecule has 1 rings (SSSR count). The van der Waals surface area contributed by atoms with Crippen LogP contribution in [0, 0.1) is 0 Å². The van der Waals surface area contributed by atoms with Gasteiger partial charge in [0, 0.05) is 6.42 Å². The maximum Gasteiger partial charge on any atom is 0.406 e. The van der Waals surface area contributed by atoms with Crippen LogP contribution in [0.3, 0.4) is 0 Å². The molecule has 1 atom stereocenters. The predicted molar refractivity (Wildman–Crippen MR) is 58.5 cm³/mol. The topological polar surface area (TPSA) is 75.3 Å². The number of benzene rings is 1. The number of amides is 1. The lowest BCUT2D eigenvalue weighted by molar-refractivity contribution is 0.176. The van der Waals surface area contributed by atoms with Gasteiger partial charge >= 0.3 is 6.09 Å². The molecule has 4 nitrogen and oxygen atoms in total. The number of hydrogen-bond acceptors (Lipinski definition) is 2. The summed E-state index contributed by atoms with van der Waals surface area (Å²) in [6, 6.07) is 9.60. The van der Waals surface area contributed by atoms with Gasteiger partial charge in [-0.05, 0) is 12.0 Å². The molecule has 4 N–H and O–H groups in total. The summed E-state index contributed by atoms with van der Waals surface area (Å²) in [6.45, 7) is 1.86. The number of carboxylic acid groups (broad SMARTS) is 1. The summed E-state index contributed by atoms with van der Waals surface area (Å²) in [5.74, 6) is 0. The van der Waals surface area contributed by atoms with Gasteiger partial charge in [0.2, 0.25) is 0 Å². The molecule has 0 aliphatic heterocycles. The Hall–Kier alpha value is -1.55. The minimum Gasteiger partial charge on any atom is -0.465 e. The number of hydrogen-bond donors (Lipinski definition) is 3. The Balaban J connectivity index is 2.72. The van der Waals surface area contributed by atoms with E-state index >= 15 is 0 Å². The molecule has 0 aliphatic carbocycles. The third-order valence-corrected chi connectivity index (χ3v) is 2.35. The molecule has 0 saturated heterocycles. The molecule has 0 radical (unpaired) electrons. The minimum absolute atomic E-state index is 0.497. The van der Waals surface area contributed by atoms with Crippen LogP contribution in [0.1, 0.15) is 18.9 Å². The Labute approximate surface area is 89.1 Å². The summed E-state index contributed by atoms with van der Waals surface area (Å²) in [5.41, 5.74) is 6.08. The van der Waals surface area contributed by atoms with Crippen LogP contribution < -0.4 is 11.1 Å². The Morgan fingerprint density at radius 2 is 2.07 bits per heavy atom. The van der Waals surface area contributed by atoms with Crippen LogP contribution in [0.15, 0.2) is 30.3 Å². The second kappa shape index (κ2) is 4.79. The maximum absolute atomic E-state index is 10.6. The van der Waals surface area contributed by atoms with Crippen molar-refractivity contribution in [1.29, 1.82) is 0 Å². The number of rotatable bonds is 4. The van der Waals surface area contributed by atoms with E-state index in [1.165, 1.54) is 0 Å². The van der Waals surface area contributed by atoms with Gasteiger partial charge in [0.15, 0.2) is 0 Å². The van der Waals surface area contributed by atoms with Gasteiger partial charge in [-0.3, -0.25) is 0 Å². The summed E-state index contributed by atoms with van der Waals surface area (Å²) in [4.78, 5) is 10.6. The fourth-order valence-corrected chi connectivity index (χ4v) is 1.43. The van der Waals surface area contributed by atoms with Gasteiger partial charge in [-0.25, -0.2) is 4.79 Å². The zero-order valence-electron chi connectivity index (χ0n) is 8.73. The van der Waals surface area contributed by atoms with Crippen molar-refractivity contribution in [2.24, 2.45) is 5.73 Å². The monoisotopic (exact) mass is 208 g/mol. The van der Waals surface area contributed by atoms with E-state index in [-0.39, 0.29) is 0 Å². The summed E-state index contributed by atoms with van der Waals surface area (Å²) in [5, 5.41) is 11.0. The first-order valence-electron chi connectivity index (χ1n) is 4.89. The van der Waals surface area contributed by atoms with Crippen LogP contribution in [0.5, 0.6) is 0 Å². The van der Waals surface area contributed by atoms with Crippen molar-refractivity contribution in [3.63, 3.8) is 0 Å². The van der Waals surface area contributed by atoms with Crippen molar-refractivity contribution in [3.8, 4) is 0 Å². The highest BCUT2D eigenvalue weighted by Gasteiger charge is 2.24. The van der Waals surface area contributed by atoms with Crippen molar-refractivity contribution in [1.82, 2.24) is 5.32 Å². The lowest BCUT2D eigenvalue weighted by Gasteiger charge is -2.28. The Morgan fingerprint density at radius 1 is 1.47 bits per heavy atom. The van der Waals surface area contributed by atoms with E-state index in [4.69, 9.17) is 10.8 Å². The van der Waals surface area contributed by atoms with E-state index in [2.05, 4.69) is 5.32 Å². The van der Waals surface area contributed by atoms with Crippen LogP contribution in [-0.4, -0.2) is 16.9 Å². The van der Waals surface area contributed by atoms with Crippen LogP contribution in [0.4, 0.5) is 4.79 Å². The third-order valence-electron chi connectivity index (χ3n) is 2.35. The summed E-state index contributed by atoms with van der Waals surface area (Å²) >= 11 is 0. The van der Waals surface area contributed by atoms with E-state index in [0.29, 0.717) is 12.8 Å². The largest absolute Gasteiger partial charge is 0.465 e. The molecule has 82 valence electrons. The van der Waals surface area contributed by atoms with Gasteiger partial charge in [-0.2, -0.15) is 0 Å². The molecule has 0 bridgehead atoms. The van der Waals surface area contributed by atoms with Gasteiger partial charge in [-0.15, -0.1) is 0 Å². The van der Waals surface area contributed by atoms with E-state index in [0.717, 1.165) is 5.56 Å². The number of nitrogens with one attached hydrogen (secondary N) is 1. The highest BCUT2D eigenvalue weighted by atomic mass is 16.4. The highest BCUT2D eigenvalue weighted by Crippen LogP contribution is 2.11. The van der Waals surface area contributed by atoms with Gasteiger partial charge in [-0.1, -0.05) is 37.3 Å². The van der Waals surface area contributed by atoms with Crippen LogP contribution in [-0.2, 0) is 6.42 Å². The number of carbonyl (C=O) groups is 1. The third kappa shape index (κ3) is 3.59. The van der Waals surface area contributed by atoms with Crippen LogP contribution in [0.25, 0.3) is 0 Å². The molecule has 1 aromatic rings. The maximum atomic E-state index is 10.6. The smallest absolute Gasteiger partial charge is 0.406 e. The van der Waals surface area contributed by atoms with E-state index in [1.54, 1.807) is 0 Å². The quantitative estimate of drug-likeness (QED) is 0.657. The molecule has 1 aromatic carbocycles. The van der Waals surface area contributed by atoms with Gasteiger partial charge in [0.05, 0.1) is 5.66 Å². The molecule has 1 amide bonds. The van der Waals surface area contributed by atoms with Crippen molar-refractivity contribution >= 4 is 6.09 Å². The number of nitrogens with two attached hydrogens (primary N) is 1. The van der Waals surface area contributed by atoms with Crippen molar-refractivity contribution in [2.45, 2.75) is 25.4 Å². The molecule has 0 spiro atoms. The lowest BCUT2D eigenvalue weighted by Crippen LogP contribution is -2.56.